The third-order valence-electron chi connectivity index (χ3n) is 5.30. The number of amides is 2. The highest BCUT2D eigenvalue weighted by molar-refractivity contribution is 5.99. The van der Waals surface area contributed by atoms with Gasteiger partial charge in [0.05, 0.1) is 0 Å². The number of para-hydroxylation sites is 1. The first-order valence-electron chi connectivity index (χ1n) is 10.5. The summed E-state index contributed by atoms with van der Waals surface area (Å²) >= 11 is 0. The minimum atomic E-state index is -0.719. The van der Waals surface area contributed by atoms with Crippen molar-refractivity contribution < 1.29 is 14.3 Å². The maximum absolute atomic E-state index is 13.2. The van der Waals surface area contributed by atoms with Gasteiger partial charge >= 0.3 is 0 Å². The van der Waals surface area contributed by atoms with E-state index in [4.69, 9.17) is 4.74 Å². The van der Waals surface area contributed by atoms with Crippen LogP contribution in [0, 0.1) is 0 Å². The smallest absolute Gasteiger partial charge is 0.274 e. The second-order valence-electron chi connectivity index (χ2n) is 7.39. The van der Waals surface area contributed by atoms with E-state index in [2.05, 4.69) is 17.2 Å². The largest absolute Gasteiger partial charge is 0.472 e. The molecule has 31 heavy (non-hydrogen) atoms. The van der Waals surface area contributed by atoms with E-state index in [9.17, 15) is 9.59 Å². The molecule has 0 fully saturated rings. The molecule has 0 saturated heterocycles. The van der Waals surface area contributed by atoms with Crippen LogP contribution in [0.25, 0.3) is 0 Å². The summed E-state index contributed by atoms with van der Waals surface area (Å²) in [6, 6.07) is 20.8. The molecule has 0 spiro atoms. The van der Waals surface area contributed by atoms with Crippen LogP contribution in [-0.2, 0) is 16.0 Å². The number of ether oxygens (including phenoxy) is 1. The SMILES string of the molecule is CCc1ccccc1NC(=O)CCCN1C(=O)C(c2ccccc2)Oc2cccnc21. The van der Waals surface area contributed by atoms with Crippen LogP contribution in [0.1, 0.15) is 37.0 Å². The Morgan fingerprint density at radius 1 is 1.06 bits per heavy atom. The molecular weight excluding hydrogens is 390 g/mol. The first-order chi connectivity index (χ1) is 15.2. The van der Waals surface area contributed by atoms with E-state index >= 15 is 0 Å². The lowest BCUT2D eigenvalue weighted by molar-refractivity contribution is -0.127. The topological polar surface area (TPSA) is 71.5 Å². The van der Waals surface area contributed by atoms with Crippen molar-refractivity contribution >= 4 is 23.3 Å². The molecule has 6 heteroatoms. The van der Waals surface area contributed by atoms with E-state index in [-0.39, 0.29) is 11.8 Å². The lowest BCUT2D eigenvalue weighted by Gasteiger charge is -2.33. The number of hydrogen-bond donors (Lipinski definition) is 1. The Morgan fingerprint density at radius 3 is 2.65 bits per heavy atom. The van der Waals surface area contributed by atoms with Gasteiger partial charge in [0.25, 0.3) is 5.91 Å². The molecule has 2 amide bonds. The summed E-state index contributed by atoms with van der Waals surface area (Å²) in [4.78, 5) is 31.7. The Labute approximate surface area is 181 Å². The van der Waals surface area contributed by atoms with Gasteiger partial charge in [0.2, 0.25) is 12.0 Å². The fourth-order valence-corrected chi connectivity index (χ4v) is 3.72. The number of nitrogens with one attached hydrogen (secondary N) is 1. The Hall–Kier alpha value is -3.67. The van der Waals surface area contributed by atoms with Crippen molar-refractivity contribution in [2.45, 2.75) is 32.3 Å². The van der Waals surface area contributed by atoms with Gasteiger partial charge in [-0.05, 0) is 36.6 Å². The lowest BCUT2D eigenvalue weighted by Crippen LogP contribution is -2.42. The number of anilines is 2. The fraction of sp³-hybridized carbons (Fsp3) is 0.240. The van der Waals surface area contributed by atoms with Gasteiger partial charge in [-0.15, -0.1) is 0 Å². The summed E-state index contributed by atoms with van der Waals surface area (Å²) < 4.78 is 5.96. The van der Waals surface area contributed by atoms with Gasteiger partial charge < -0.3 is 10.1 Å². The molecule has 1 aromatic heterocycles. The third kappa shape index (κ3) is 4.58. The molecule has 0 saturated carbocycles. The van der Waals surface area contributed by atoms with Crippen molar-refractivity contribution in [2.75, 3.05) is 16.8 Å². The van der Waals surface area contributed by atoms with E-state index in [1.54, 1.807) is 17.2 Å². The van der Waals surface area contributed by atoms with Crippen LogP contribution >= 0.6 is 0 Å². The molecule has 1 aliphatic heterocycles. The normalized spacial score (nSPS) is 15.2. The average Bonchev–Trinajstić information content (AvgIpc) is 2.81. The molecule has 1 aliphatic rings. The average molecular weight is 415 g/mol. The molecule has 1 unspecified atom stereocenters. The first kappa shape index (κ1) is 20.6. The number of nitrogens with zero attached hydrogens (tertiary/aromatic N) is 2. The van der Waals surface area contributed by atoms with Crippen LogP contribution in [0.5, 0.6) is 5.75 Å². The predicted octanol–water partition coefficient (Wildman–Crippen LogP) is 4.53. The Balaban J connectivity index is 1.44. The van der Waals surface area contributed by atoms with Gasteiger partial charge in [-0.1, -0.05) is 55.5 Å². The van der Waals surface area contributed by atoms with Gasteiger partial charge in [0, 0.05) is 30.4 Å². The van der Waals surface area contributed by atoms with Crippen LogP contribution in [0.3, 0.4) is 0 Å². The Kier molecular flexibility index (Phi) is 6.26. The molecule has 2 aromatic carbocycles. The second-order valence-corrected chi connectivity index (χ2v) is 7.39. The van der Waals surface area contributed by atoms with Gasteiger partial charge in [0.1, 0.15) is 0 Å². The van der Waals surface area contributed by atoms with Crippen molar-refractivity contribution in [1.29, 1.82) is 0 Å². The quantitative estimate of drug-likeness (QED) is 0.615. The van der Waals surface area contributed by atoms with Crippen molar-refractivity contribution in [3.05, 3.63) is 84.1 Å². The highest BCUT2D eigenvalue weighted by Crippen LogP contribution is 2.37. The van der Waals surface area contributed by atoms with E-state index in [0.717, 1.165) is 23.2 Å². The number of benzene rings is 2. The number of fused-ring (bicyclic) bond motifs is 1. The standard InChI is InChI=1S/C25H25N3O3/c1-2-18-10-6-7-13-20(18)27-22(29)15-9-17-28-24-21(14-8-16-26-24)31-23(25(28)30)19-11-4-3-5-12-19/h3-8,10-14,16,23H,2,9,15,17H2,1H3,(H,27,29). The molecular formula is C25H25N3O3. The van der Waals surface area contributed by atoms with Gasteiger partial charge in [-0.3, -0.25) is 14.5 Å². The molecule has 6 nitrogen and oxygen atoms in total. The van der Waals surface area contributed by atoms with Crippen LogP contribution in [-0.4, -0.2) is 23.3 Å². The number of carbonyl (C=O) groups is 2. The zero-order chi connectivity index (χ0) is 21.6. The molecule has 4 rings (SSSR count). The number of rotatable bonds is 7. The molecule has 0 aliphatic carbocycles. The molecule has 0 radical (unpaired) electrons. The molecule has 1 atom stereocenters. The van der Waals surface area contributed by atoms with E-state index in [1.807, 2.05) is 60.7 Å². The highest BCUT2D eigenvalue weighted by atomic mass is 16.5. The minimum absolute atomic E-state index is 0.0672. The van der Waals surface area contributed by atoms with E-state index in [1.165, 1.54) is 0 Å². The van der Waals surface area contributed by atoms with E-state index < -0.39 is 6.10 Å². The van der Waals surface area contributed by atoms with E-state index in [0.29, 0.717) is 31.0 Å². The van der Waals surface area contributed by atoms with Crippen LogP contribution in [0.15, 0.2) is 72.9 Å². The summed E-state index contributed by atoms with van der Waals surface area (Å²) in [7, 11) is 0. The molecule has 0 bridgehead atoms. The molecule has 3 aromatic rings. The molecule has 158 valence electrons. The molecule has 2 heterocycles. The van der Waals surface area contributed by atoms with Crippen LogP contribution in [0.2, 0.25) is 0 Å². The van der Waals surface area contributed by atoms with Crippen molar-refractivity contribution in [1.82, 2.24) is 4.98 Å². The predicted molar refractivity (Wildman–Crippen MR) is 120 cm³/mol. The number of aromatic nitrogens is 1. The van der Waals surface area contributed by atoms with Crippen LogP contribution < -0.4 is 15.0 Å². The number of aryl methyl sites for hydroxylation is 1. The van der Waals surface area contributed by atoms with Gasteiger partial charge in [-0.25, -0.2) is 4.98 Å². The Bertz CT molecular complexity index is 1070. The van der Waals surface area contributed by atoms with Crippen molar-refractivity contribution in [2.24, 2.45) is 0 Å². The Morgan fingerprint density at radius 2 is 1.84 bits per heavy atom. The number of hydrogen-bond acceptors (Lipinski definition) is 4. The minimum Gasteiger partial charge on any atom is -0.472 e. The summed E-state index contributed by atoms with van der Waals surface area (Å²) in [5.74, 6) is 0.824. The zero-order valence-electron chi connectivity index (χ0n) is 17.5. The van der Waals surface area contributed by atoms with Gasteiger partial charge in [-0.2, -0.15) is 0 Å². The fourth-order valence-electron chi connectivity index (χ4n) is 3.72. The zero-order valence-corrected chi connectivity index (χ0v) is 17.5. The van der Waals surface area contributed by atoms with Crippen molar-refractivity contribution in [3.63, 3.8) is 0 Å². The maximum Gasteiger partial charge on any atom is 0.274 e. The second kappa shape index (κ2) is 9.43. The summed E-state index contributed by atoms with van der Waals surface area (Å²) in [6.45, 7) is 2.45. The summed E-state index contributed by atoms with van der Waals surface area (Å²) in [5, 5.41) is 2.98. The lowest BCUT2D eigenvalue weighted by atomic mass is 10.1. The van der Waals surface area contributed by atoms with Crippen molar-refractivity contribution in [3.8, 4) is 5.75 Å². The monoisotopic (exact) mass is 415 g/mol. The van der Waals surface area contributed by atoms with Crippen LogP contribution in [0.4, 0.5) is 11.5 Å². The summed E-state index contributed by atoms with van der Waals surface area (Å²) in [6.07, 6.45) is 2.59. The third-order valence-corrected chi connectivity index (χ3v) is 5.30. The maximum atomic E-state index is 13.2. The number of carbonyl (C=O) groups excluding carboxylic acids is 2. The number of pyridine rings is 1. The summed E-state index contributed by atoms with van der Waals surface area (Å²) in [5.41, 5.74) is 2.73. The van der Waals surface area contributed by atoms with Gasteiger partial charge in [0.15, 0.2) is 11.6 Å². The molecule has 1 N–H and O–H groups in total. The highest BCUT2D eigenvalue weighted by Gasteiger charge is 2.36. The first-order valence-corrected chi connectivity index (χ1v) is 10.5.